The fourth-order valence-electron chi connectivity index (χ4n) is 1.82. The molecule has 0 bridgehead atoms. The van der Waals surface area contributed by atoms with Crippen molar-refractivity contribution in [2.75, 3.05) is 14.2 Å². The third kappa shape index (κ3) is 4.28. The largest absolute Gasteiger partial charge is 0.469 e. The van der Waals surface area contributed by atoms with E-state index >= 15 is 0 Å². The highest BCUT2D eigenvalue weighted by Crippen LogP contribution is 2.22. The van der Waals surface area contributed by atoms with Gasteiger partial charge >= 0.3 is 11.9 Å². The number of benzene rings is 1. The van der Waals surface area contributed by atoms with Crippen molar-refractivity contribution >= 4 is 22.1 Å². The van der Waals surface area contributed by atoms with Crippen LogP contribution in [0.2, 0.25) is 0 Å². The maximum atomic E-state index is 12.2. The Morgan fingerprint density at radius 3 is 2.05 bits per heavy atom. The van der Waals surface area contributed by atoms with Crippen molar-refractivity contribution in [3.8, 4) is 0 Å². The summed E-state index contributed by atoms with van der Waals surface area (Å²) in [5.41, 5.74) is 0. The maximum Gasteiger partial charge on any atom is 0.337 e. The third-order valence-corrected chi connectivity index (χ3v) is 4.32. The molecule has 0 heterocycles. The molecule has 0 N–H and O–H groups in total. The van der Waals surface area contributed by atoms with Gasteiger partial charge in [-0.2, -0.15) is 8.42 Å². The van der Waals surface area contributed by atoms with Crippen molar-refractivity contribution in [1.29, 1.82) is 0 Å². The smallest absolute Gasteiger partial charge is 0.337 e. The van der Waals surface area contributed by atoms with Gasteiger partial charge < -0.3 is 9.47 Å². The van der Waals surface area contributed by atoms with E-state index in [1.807, 2.05) is 0 Å². The molecule has 0 fully saturated rings. The highest BCUT2D eigenvalue weighted by molar-refractivity contribution is 7.86. The molecule has 0 unspecified atom stereocenters. The van der Waals surface area contributed by atoms with Crippen LogP contribution in [0.4, 0.5) is 0 Å². The number of ether oxygens (including phenoxy) is 2. The van der Waals surface area contributed by atoms with Crippen LogP contribution in [0.1, 0.15) is 13.3 Å². The molecule has 122 valence electrons. The van der Waals surface area contributed by atoms with Gasteiger partial charge in [0.05, 0.1) is 25.0 Å². The fraction of sp³-hybridized carbons (Fsp3) is 0.429. The Labute approximate surface area is 129 Å². The van der Waals surface area contributed by atoms with Gasteiger partial charge in [0.15, 0.2) is 6.10 Å². The van der Waals surface area contributed by atoms with Gasteiger partial charge in [-0.1, -0.05) is 25.1 Å². The molecule has 7 nitrogen and oxygen atoms in total. The van der Waals surface area contributed by atoms with Crippen molar-refractivity contribution in [2.24, 2.45) is 5.92 Å². The van der Waals surface area contributed by atoms with Crippen molar-refractivity contribution in [3.05, 3.63) is 30.3 Å². The minimum absolute atomic E-state index is 0.122. The zero-order chi connectivity index (χ0) is 16.8. The maximum absolute atomic E-state index is 12.2. The molecule has 0 aliphatic carbocycles. The minimum Gasteiger partial charge on any atom is -0.469 e. The zero-order valence-electron chi connectivity index (χ0n) is 12.5. The Hall–Kier alpha value is -1.93. The molecule has 2 atom stereocenters. The van der Waals surface area contributed by atoms with Gasteiger partial charge in [-0.05, 0) is 18.6 Å². The normalized spacial score (nSPS) is 14.0. The molecule has 0 saturated carbocycles. The average molecular weight is 330 g/mol. The van der Waals surface area contributed by atoms with Crippen molar-refractivity contribution in [2.45, 2.75) is 24.3 Å². The van der Waals surface area contributed by atoms with Gasteiger partial charge in [-0.15, -0.1) is 0 Å². The van der Waals surface area contributed by atoms with Crippen LogP contribution in [0, 0.1) is 5.92 Å². The number of carbonyl (C=O) groups excluding carboxylic acids is 2. The molecule has 8 heteroatoms. The lowest BCUT2D eigenvalue weighted by Gasteiger charge is -2.21. The topological polar surface area (TPSA) is 96.0 Å². The lowest BCUT2D eigenvalue weighted by atomic mass is 10.00. The van der Waals surface area contributed by atoms with Crippen molar-refractivity contribution in [3.63, 3.8) is 0 Å². The van der Waals surface area contributed by atoms with E-state index in [-0.39, 0.29) is 11.3 Å². The van der Waals surface area contributed by atoms with Gasteiger partial charge in [0, 0.05) is 0 Å². The quantitative estimate of drug-likeness (QED) is 0.546. The number of methoxy groups -OCH3 is 2. The summed E-state index contributed by atoms with van der Waals surface area (Å²) in [4.78, 5) is 23.4. The first-order valence-electron chi connectivity index (χ1n) is 6.51. The molecule has 0 radical (unpaired) electrons. The minimum atomic E-state index is -4.22. The average Bonchev–Trinajstić information content (AvgIpc) is 2.54. The fourth-order valence-corrected chi connectivity index (χ4v) is 2.91. The van der Waals surface area contributed by atoms with Crippen LogP contribution >= 0.6 is 0 Å². The van der Waals surface area contributed by atoms with Crippen molar-refractivity contribution < 1.29 is 31.7 Å². The highest BCUT2D eigenvalue weighted by Gasteiger charge is 2.39. The van der Waals surface area contributed by atoms with Crippen LogP contribution in [0.3, 0.4) is 0 Å². The molecule has 1 aromatic rings. The summed E-state index contributed by atoms with van der Waals surface area (Å²) in [5, 5.41) is 0. The van der Waals surface area contributed by atoms with Crippen LogP contribution in [-0.4, -0.2) is 40.7 Å². The third-order valence-electron chi connectivity index (χ3n) is 3.00. The second kappa shape index (κ2) is 7.90. The van der Waals surface area contributed by atoms with E-state index in [0.29, 0.717) is 0 Å². The molecule has 22 heavy (non-hydrogen) atoms. The molecule has 0 amide bonds. The summed E-state index contributed by atoms with van der Waals surface area (Å²) in [6.07, 6.45) is -1.45. The molecule has 0 spiro atoms. The number of rotatable bonds is 7. The summed E-state index contributed by atoms with van der Waals surface area (Å²) in [6.45, 7) is 1.61. The molecular formula is C14H18O7S. The molecule has 0 saturated heterocycles. The summed E-state index contributed by atoms with van der Waals surface area (Å²) in [5.74, 6) is -2.80. The first kappa shape index (κ1) is 18.1. The second-order valence-corrected chi connectivity index (χ2v) is 5.92. The lowest BCUT2D eigenvalue weighted by Crippen LogP contribution is -2.39. The lowest BCUT2D eigenvalue weighted by molar-refractivity contribution is -0.161. The first-order chi connectivity index (χ1) is 10.4. The molecule has 1 aromatic carbocycles. The number of hydrogen-bond donors (Lipinski definition) is 0. The molecule has 0 aromatic heterocycles. The molecule has 1 rings (SSSR count). The van der Waals surface area contributed by atoms with E-state index in [2.05, 4.69) is 9.47 Å². The Morgan fingerprint density at radius 1 is 1.05 bits per heavy atom. The van der Waals surface area contributed by atoms with Gasteiger partial charge in [0.25, 0.3) is 10.1 Å². The molecule has 0 aliphatic heterocycles. The van der Waals surface area contributed by atoms with Gasteiger partial charge in [-0.25, -0.2) is 4.79 Å². The Bertz CT molecular complexity index is 609. The van der Waals surface area contributed by atoms with Crippen LogP contribution in [0.25, 0.3) is 0 Å². The highest BCUT2D eigenvalue weighted by atomic mass is 32.2. The molecule has 0 aliphatic rings. The van der Waals surface area contributed by atoms with Crippen LogP contribution in [0.15, 0.2) is 35.2 Å². The molecular weight excluding hydrogens is 312 g/mol. The number of hydrogen-bond acceptors (Lipinski definition) is 7. The summed E-state index contributed by atoms with van der Waals surface area (Å²) < 4.78 is 38.5. The first-order valence-corrected chi connectivity index (χ1v) is 7.92. The number of esters is 2. The standard InChI is InChI=1S/C14H18O7S/c1-4-11(13(15)19-2)12(14(16)20-3)21-22(17,18)10-8-6-5-7-9-10/h5-9,11-12H,4H2,1-3H3/t11-,12+/m0/s1. The Kier molecular flexibility index (Phi) is 6.51. The Morgan fingerprint density at radius 2 is 1.59 bits per heavy atom. The van der Waals surface area contributed by atoms with E-state index in [1.54, 1.807) is 13.0 Å². The Balaban J connectivity index is 3.14. The van der Waals surface area contributed by atoms with E-state index in [1.165, 1.54) is 24.3 Å². The predicted molar refractivity (Wildman–Crippen MR) is 76.3 cm³/mol. The van der Waals surface area contributed by atoms with E-state index < -0.39 is 34.1 Å². The summed E-state index contributed by atoms with van der Waals surface area (Å²) in [6, 6.07) is 7.31. The zero-order valence-corrected chi connectivity index (χ0v) is 13.3. The van der Waals surface area contributed by atoms with Crippen LogP contribution in [0.5, 0.6) is 0 Å². The van der Waals surface area contributed by atoms with E-state index in [9.17, 15) is 18.0 Å². The van der Waals surface area contributed by atoms with Gasteiger partial charge in [0.1, 0.15) is 0 Å². The number of carbonyl (C=O) groups is 2. The van der Waals surface area contributed by atoms with E-state index in [0.717, 1.165) is 14.2 Å². The van der Waals surface area contributed by atoms with Gasteiger partial charge in [0.2, 0.25) is 0 Å². The monoisotopic (exact) mass is 330 g/mol. The summed E-state index contributed by atoms with van der Waals surface area (Å²) >= 11 is 0. The summed E-state index contributed by atoms with van der Waals surface area (Å²) in [7, 11) is -2.00. The van der Waals surface area contributed by atoms with Crippen molar-refractivity contribution in [1.82, 2.24) is 0 Å². The predicted octanol–water partition coefficient (Wildman–Crippen LogP) is 1.13. The second-order valence-electron chi connectivity index (χ2n) is 4.35. The van der Waals surface area contributed by atoms with Crippen LogP contribution < -0.4 is 0 Å². The van der Waals surface area contributed by atoms with E-state index in [4.69, 9.17) is 4.18 Å². The SMILES string of the molecule is CC[C@H](C(=O)OC)[C@@H](OS(=O)(=O)c1ccccc1)C(=O)OC. The van der Waals surface area contributed by atoms with Gasteiger partial charge in [-0.3, -0.25) is 8.98 Å². The van der Waals surface area contributed by atoms with Crippen LogP contribution in [-0.2, 0) is 33.4 Å².